The van der Waals surface area contributed by atoms with Crippen molar-refractivity contribution in [2.75, 3.05) is 19.6 Å². The van der Waals surface area contributed by atoms with Crippen molar-refractivity contribution in [1.29, 1.82) is 0 Å². The Morgan fingerprint density at radius 2 is 2.06 bits per heavy atom. The second-order valence-corrected chi connectivity index (χ2v) is 6.35. The number of nitrogens with zero attached hydrogens (tertiary/aromatic N) is 1. The second-order valence-electron chi connectivity index (χ2n) is 6.35. The van der Waals surface area contributed by atoms with Gasteiger partial charge in [0.1, 0.15) is 0 Å². The monoisotopic (exact) mass is 224 g/mol. The molecular weight excluding hydrogens is 196 g/mol. The van der Waals surface area contributed by atoms with E-state index in [1.807, 2.05) is 0 Å². The first-order chi connectivity index (χ1) is 7.57. The van der Waals surface area contributed by atoms with E-state index >= 15 is 0 Å². The summed E-state index contributed by atoms with van der Waals surface area (Å²) >= 11 is 0. The Kier molecular flexibility index (Phi) is 3.60. The smallest absolute Gasteiger partial charge is 0.0309 e. The van der Waals surface area contributed by atoms with Gasteiger partial charge in [-0.2, -0.15) is 0 Å². The summed E-state index contributed by atoms with van der Waals surface area (Å²) in [5, 5.41) is 3.84. The fourth-order valence-electron chi connectivity index (χ4n) is 3.25. The van der Waals surface area contributed by atoms with Crippen molar-refractivity contribution < 1.29 is 0 Å². The Balaban J connectivity index is 2.01. The van der Waals surface area contributed by atoms with Crippen molar-refractivity contribution >= 4 is 0 Å². The summed E-state index contributed by atoms with van der Waals surface area (Å²) in [7, 11) is 0. The van der Waals surface area contributed by atoms with Crippen LogP contribution in [0.15, 0.2) is 0 Å². The van der Waals surface area contributed by atoms with Crippen molar-refractivity contribution in [1.82, 2.24) is 10.2 Å². The van der Waals surface area contributed by atoms with E-state index in [0.717, 1.165) is 17.9 Å². The second kappa shape index (κ2) is 4.66. The summed E-state index contributed by atoms with van der Waals surface area (Å²) in [4.78, 5) is 2.74. The summed E-state index contributed by atoms with van der Waals surface area (Å²) in [6.07, 6.45) is 4.16. The molecule has 2 aliphatic rings. The molecule has 1 saturated heterocycles. The van der Waals surface area contributed by atoms with E-state index in [4.69, 9.17) is 0 Å². The highest BCUT2D eigenvalue weighted by atomic mass is 15.3. The molecule has 2 rings (SSSR count). The fraction of sp³-hybridized carbons (Fsp3) is 1.00. The van der Waals surface area contributed by atoms with Crippen LogP contribution in [0.5, 0.6) is 0 Å². The minimum atomic E-state index is 0.403. The first kappa shape index (κ1) is 12.4. The molecule has 0 aromatic rings. The zero-order valence-corrected chi connectivity index (χ0v) is 11.4. The van der Waals surface area contributed by atoms with Gasteiger partial charge in [0.2, 0.25) is 0 Å². The van der Waals surface area contributed by atoms with Crippen LogP contribution >= 0.6 is 0 Å². The van der Waals surface area contributed by atoms with Gasteiger partial charge in [0.15, 0.2) is 0 Å². The van der Waals surface area contributed by atoms with Crippen molar-refractivity contribution in [3.8, 4) is 0 Å². The van der Waals surface area contributed by atoms with Gasteiger partial charge in [-0.25, -0.2) is 0 Å². The van der Waals surface area contributed by atoms with Crippen LogP contribution in [0.25, 0.3) is 0 Å². The van der Waals surface area contributed by atoms with Crippen LogP contribution < -0.4 is 5.32 Å². The van der Waals surface area contributed by atoms with E-state index in [-0.39, 0.29) is 0 Å². The van der Waals surface area contributed by atoms with Crippen molar-refractivity contribution in [3.05, 3.63) is 0 Å². The highest BCUT2D eigenvalue weighted by Crippen LogP contribution is 2.41. The largest absolute Gasteiger partial charge is 0.308 e. The molecule has 2 heteroatoms. The first-order valence-corrected chi connectivity index (χ1v) is 7.06. The van der Waals surface area contributed by atoms with Crippen LogP contribution in [0.1, 0.15) is 47.0 Å². The molecule has 2 nitrogen and oxygen atoms in total. The van der Waals surface area contributed by atoms with Crippen molar-refractivity contribution in [3.63, 3.8) is 0 Å². The van der Waals surface area contributed by atoms with Gasteiger partial charge < -0.3 is 5.32 Å². The summed E-state index contributed by atoms with van der Waals surface area (Å²) in [5.74, 6) is 1.71. The lowest BCUT2D eigenvalue weighted by Gasteiger charge is -2.48. The maximum Gasteiger partial charge on any atom is 0.0309 e. The molecule has 0 bridgehead atoms. The molecule has 2 atom stereocenters. The molecule has 1 heterocycles. The Morgan fingerprint density at radius 3 is 2.56 bits per heavy atom. The molecule has 94 valence electrons. The zero-order chi connectivity index (χ0) is 11.8. The van der Waals surface area contributed by atoms with Crippen LogP contribution in [-0.4, -0.2) is 36.1 Å². The Hall–Kier alpha value is -0.0800. The predicted molar refractivity (Wildman–Crippen MR) is 69.6 cm³/mol. The highest BCUT2D eigenvalue weighted by Gasteiger charge is 2.46. The Morgan fingerprint density at radius 1 is 1.38 bits per heavy atom. The summed E-state index contributed by atoms with van der Waals surface area (Å²) in [5.41, 5.74) is 0.403. The topological polar surface area (TPSA) is 15.3 Å². The van der Waals surface area contributed by atoms with E-state index < -0.39 is 0 Å². The molecule has 0 aromatic heterocycles. The van der Waals surface area contributed by atoms with Crippen LogP contribution in [-0.2, 0) is 0 Å². The molecule has 1 N–H and O–H groups in total. The average Bonchev–Trinajstić information content (AvgIpc) is 3.01. The molecule has 2 unspecified atom stereocenters. The lowest BCUT2D eigenvalue weighted by atomic mass is 9.88. The van der Waals surface area contributed by atoms with Gasteiger partial charge in [0.25, 0.3) is 0 Å². The summed E-state index contributed by atoms with van der Waals surface area (Å²) < 4.78 is 0. The molecule has 16 heavy (non-hydrogen) atoms. The Labute approximate surface area is 101 Å². The minimum Gasteiger partial charge on any atom is -0.308 e. The maximum absolute atomic E-state index is 3.84. The Bertz CT molecular complexity index is 235. The predicted octanol–water partition coefficient (Wildman–Crippen LogP) is 2.49. The lowest BCUT2D eigenvalue weighted by Crippen LogP contribution is -2.65. The zero-order valence-electron chi connectivity index (χ0n) is 11.4. The average molecular weight is 224 g/mol. The van der Waals surface area contributed by atoms with Gasteiger partial charge in [0, 0.05) is 24.7 Å². The van der Waals surface area contributed by atoms with Gasteiger partial charge in [-0.05, 0) is 44.6 Å². The van der Waals surface area contributed by atoms with E-state index in [1.165, 1.54) is 38.9 Å². The fourth-order valence-corrected chi connectivity index (χ4v) is 3.25. The molecule has 2 fully saturated rings. The molecule has 1 aliphatic carbocycles. The molecule has 0 radical (unpaired) electrons. The van der Waals surface area contributed by atoms with Crippen molar-refractivity contribution in [2.45, 2.75) is 58.5 Å². The van der Waals surface area contributed by atoms with Crippen LogP contribution in [0.4, 0.5) is 0 Å². The molecule has 1 aliphatic heterocycles. The number of piperazine rings is 1. The van der Waals surface area contributed by atoms with Crippen molar-refractivity contribution in [2.24, 2.45) is 11.8 Å². The minimum absolute atomic E-state index is 0.403. The number of nitrogens with one attached hydrogen (secondary N) is 1. The van der Waals surface area contributed by atoms with E-state index in [2.05, 4.69) is 37.9 Å². The van der Waals surface area contributed by atoms with Crippen LogP contribution in [0.2, 0.25) is 0 Å². The SMILES string of the molecule is CCCN1CC(C)(C2CC2)NCC1C(C)C. The third-order valence-corrected chi connectivity index (χ3v) is 4.47. The van der Waals surface area contributed by atoms with Crippen LogP contribution in [0, 0.1) is 11.8 Å². The molecular formula is C14H28N2. The third-order valence-electron chi connectivity index (χ3n) is 4.47. The van der Waals surface area contributed by atoms with Gasteiger partial charge in [-0.3, -0.25) is 4.90 Å². The number of rotatable bonds is 4. The molecule has 0 aromatic carbocycles. The van der Waals surface area contributed by atoms with E-state index in [0.29, 0.717) is 5.54 Å². The molecule has 0 amide bonds. The van der Waals surface area contributed by atoms with Gasteiger partial charge in [0.05, 0.1) is 0 Å². The van der Waals surface area contributed by atoms with E-state index in [1.54, 1.807) is 0 Å². The third kappa shape index (κ3) is 2.43. The first-order valence-electron chi connectivity index (χ1n) is 7.06. The number of hydrogen-bond donors (Lipinski definition) is 1. The summed E-state index contributed by atoms with van der Waals surface area (Å²) in [6, 6.07) is 0.742. The van der Waals surface area contributed by atoms with E-state index in [9.17, 15) is 0 Å². The summed E-state index contributed by atoms with van der Waals surface area (Å²) in [6.45, 7) is 13.2. The van der Waals surface area contributed by atoms with Gasteiger partial charge >= 0.3 is 0 Å². The molecule has 1 saturated carbocycles. The lowest BCUT2D eigenvalue weighted by molar-refractivity contribution is 0.0526. The van der Waals surface area contributed by atoms with Crippen LogP contribution in [0.3, 0.4) is 0 Å². The van der Waals surface area contributed by atoms with Gasteiger partial charge in [-0.15, -0.1) is 0 Å². The molecule has 0 spiro atoms. The quantitative estimate of drug-likeness (QED) is 0.789. The highest BCUT2D eigenvalue weighted by molar-refractivity contribution is 5.04. The maximum atomic E-state index is 3.84. The standard InChI is InChI=1S/C14H28N2/c1-5-8-16-10-14(4,12-6-7-12)15-9-13(16)11(2)3/h11-13,15H,5-10H2,1-4H3. The normalized spacial score (nSPS) is 36.9. The number of hydrogen-bond acceptors (Lipinski definition) is 2. The van der Waals surface area contributed by atoms with Gasteiger partial charge in [-0.1, -0.05) is 20.8 Å².